The maximum absolute atomic E-state index is 9.30. The van der Waals surface area contributed by atoms with Gasteiger partial charge in [0.25, 0.3) is 0 Å². The lowest BCUT2D eigenvalue weighted by molar-refractivity contribution is 0.474. The van der Waals surface area contributed by atoms with Gasteiger partial charge >= 0.3 is 0 Å². The molecule has 2 N–H and O–H groups in total. The first-order chi connectivity index (χ1) is 5.65. The summed E-state index contributed by atoms with van der Waals surface area (Å²) < 4.78 is 0. The molecule has 1 aromatic rings. The van der Waals surface area contributed by atoms with Crippen molar-refractivity contribution in [2.45, 2.75) is 6.92 Å². The molecule has 3 nitrogen and oxygen atoms in total. The standard InChI is InChI=1S/C9H8N2O/c1-6(11)8-3-2-7(5-10)4-9(8)12/h2-4,11-12H,1H3. The van der Waals surface area contributed by atoms with Gasteiger partial charge in [0.2, 0.25) is 0 Å². The maximum Gasteiger partial charge on any atom is 0.125 e. The third-order valence-electron chi connectivity index (χ3n) is 1.53. The fourth-order valence-corrected chi connectivity index (χ4v) is 0.918. The summed E-state index contributed by atoms with van der Waals surface area (Å²) in [5.74, 6) is -0.0125. The van der Waals surface area contributed by atoms with Crippen LogP contribution in [0, 0.1) is 16.7 Å². The zero-order chi connectivity index (χ0) is 9.14. The molecule has 0 saturated heterocycles. The minimum Gasteiger partial charge on any atom is -0.507 e. The van der Waals surface area contributed by atoms with Crippen molar-refractivity contribution in [3.63, 3.8) is 0 Å². The number of nitriles is 1. The summed E-state index contributed by atoms with van der Waals surface area (Å²) in [6, 6.07) is 6.40. The summed E-state index contributed by atoms with van der Waals surface area (Å²) >= 11 is 0. The molecule has 0 aliphatic carbocycles. The third kappa shape index (κ3) is 1.43. The molecule has 0 amide bonds. The van der Waals surface area contributed by atoms with Gasteiger partial charge in [-0.2, -0.15) is 5.26 Å². The Morgan fingerprint density at radius 3 is 2.67 bits per heavy atom. The predicted molar refractivity (Wildman–Crippen MR) is 45.3 cm³/mol. The number of nitrogens with zero attached hydrogens (tertiary/aromatic N) is 1. The van der Waals surface area contributed by atoms with Crippen molar-refractivity contribution < 1.29 is 5.11 Å². The lowest BCUT2D eigenvalue weighted by Crippen LogP contribution is -1.92. The average molecular weight is 160 g/mol. The Morgan fingerprint density at radius 2 is 2.25 bits per heavy atom. The fraction of sp³-hybridized carbons (Fsp3) is 0.111. The van der Waals surface area contributed by atoms with E-state index in [1.807, 2.05) is 6.07 Å². The van der Waals surface area contributed by atoms with Crippen molar-refractivity contribution >= 4 is 5.71 Å². The van der Waals surface area contributed by atoms with Gasteiger partial charge in [-0.1, -0.05) is 0 Å². The van der Waals surface area contributed by atoms with E-state index in [4.69, 9.17) is 10.7 Å². The zero-order valence-electron chi connectivity index (χ0n) is 6.63. The van der Waals surface area contributed by atoms with Crippen LogP contribution in [0.15, 0.2) is 18.2 Å². The van der Waals surface area contributed by atoms with Gasteiger partial charge in [-0.25, -0.2) is 0 Å². The Morgan fingerprint density at radius 1 is 1.58 bits per heavy atom. The van der Waals surface area contributed by atoms with Crippen LogP contribution in [-0.4, -0.2) is 10.8 Å². The highest BCUT2D eigenvalue weighted by Crippen LogP contribution is 2.18. The minimum absolute atomic E-state index is 0.0125. The molecule has 0 aliphatic heterocycles. The van der Waals surface area contributed by atoms with E-state index in [-0.39, 0.29) is 11.5 Å². The van der Waals surface area contributed by atoms with Gasteiger partial charge in [0.1, 0.15) is 5.75 Å². The molecule has 12 heavy (non-hydrogen) atoms. The van der Waals surface area contributed by atoms with Crippen molar-refractivity contribution in [1.82, 2.24) is 0 Å². The monoisotopic (exact) mass is 160 g/mol. The molecule has 60 valence electrons. The first-order valence-electron chi connectivity index (χ1n) is 3.44. The summed E-state index contributed by atoms with van der Waals surface area (Å²) in [6.45, 7) is 1.58. The maximum atomic E-state index is 9.30. The van der Waals surface area contributed by atoms with Gasteiger partial charge in [-0.15, -0.1) is 0 Å². The highest BCUT2D eigenvalue weighted by molar-refractivity contribution is 5.98. The Kier molecular flexibility index (Phi) is 2.11. The van der Waals surface area contributed by atoms with Crippen LogP contribution in [0.2, 0.25) is 0 Å². The molecule has 0 aliphatic rings. The number of phenolic OH excluding ortho intramolecular Hbond substituents is 1. The quantitative estimate of drug-likeness (QED) is 0.613. The second-order valence-corrected chi connectivity index (χ2v) is 2.47. The van der Waals surface area contributed by atoms with Gasteiger partial charge in [0.15, 0.2) is 0 Å². The van der Waals surface area contributed by atoms with Gasteiger partial charge in [0.05, 0.1) is 11.6 Å². The number of hydrogen-bond donors (Lipinski definition) is 2. The summed E-state index contributed by atoms with van der Waals surface area (Å²) in [6.07, 6.45) is 0. The number of rotatable bonds is 1. The largest absolute Gasteiger partial charge is 0.507 e. The molecule has 0 radical (unpaired) electrons. The van der Waals surface area contributed by atoms with Gasteiger partial charge in [-0.05, 0) is 25.1 Å². The fourth-order valence-electron chi connectivity index (χ4n) is 0.918. The van der Waals surface area contributed by atoms with Crippen LogP contribution in [0.4, 0.5) is 0 Å². The number of phenols is 1. The van der Waals surface area contributed by atoms with Crippen LogP contribution < -0.4 is 0 Å². The molecule has 3 heteroatoms. The Hall–Kier alpha value is -1.82. The van der Waals surface area contributed by atoms with Gasteiger partial charge < -0.3 is 10.5 Å². The van der Waals surface area contributed by atoms with Crippen molar-refractivity contribution in [2.24, 2.45) is 0 Å². The predicted octanol–water partition coefficient (Wildman–Crippen LogP) is 1.65. The SMILES string of the molecule is CC(=N)c1ccc(C#N)cc1O. The number of nitrogens with one attached hydrogen (secondary N) is 1. The van der Waals surface area contributed by atoms with Crippen LogP contribution in [-0.2, 0) is 0 Å². The topological polar surface area (TPSA) is 67.9 Å². The molecule has 1 aromatic carbocycles. The lowest BCUT2D eigenvalue weighted by atomic mass is 10.1. The molecule has 0 bridgehead atoms. The van der Waals surface area contributed by atoms with Gasteiger partial charge in [0, 0.05) is 11.3 Å². The molecule has 0 unspecified atom stereocenters. The number of hydrogen-bond acceptors (Lipinski definition) is 3. The van der Waals surface area contributed by atoms with E-state index in [2.05, 4.69) is 0 Å². The van der Waals surface area contributed by atoms with Crippen LogP contribution in [0.25, 0.3) is 0 Å². The smallest absolute Gasteiger partial charge is 0.125 e. The number of aromatic hydroxyl groups is 1. The molecule has 0 atom stereocenters. The van der Waals surface area contributed by atoms with Crippen LogP contribution in [0.3, 0.4) is 0 Å². The van der Waals surface area contributed by atoms with E-state index < -0.39 is 0 Å². The second kappa shape index (κ2) is 3.05. The Labute approximate surface area is 70.4 Å². The first kappa shape index (κ1) is 8.28. The summed E-state index contributed by atoms with van der Waals surface area (Å²) in [5.41, 5.74) is 1.16. The van der Waals surface area contributed by atoms with Crippen LogP contribution in [0.1, 0.15) is 18.1 Å². The third-order valence-corrected chi connectivity index (χ3v) is 1.53. The van der Waals surface area contributed by atoms with Crippen LogP contribution >= 0.6 is 0 Å². The summed E-state index contributed by atoms with van der Waals surface area (Å²) in [5, 5.41) is 25.0. The normalized spacial score (nSPS) is 9.00. The molecule has 0 spiro atoms. The van der Waals surface area contributed by atoms with Crippen molar-refractivity contribution in [3.8, 4) is 11.8 Å². The molecule has 0 fully saturated rings. The van der Waals surface area contributed by atoms with Crippen molar-refractivity contribution in [2.75, 3.05) is 0 Å². The molecular formula is C9H8N2O. The summed E-state index contributed by atoms with van der Waals surface area (Å²) in [4.78, 5) is 0. The van der Waals surface area contributed by atoms with Crippen LogP contribution in [0.5, 0.6) is 5.75 Å². The molecular weight excluding hydrogens is 152 g/mol. The van der Waals surface area contributed by atoms with E-state index in [9.17, 15) is 5.11 Å². The average Bonchev–Trinajstić information content (AvgIpc) is 2.03. The Balaban J connectivity index is 3.23. The second-order valence-electron chi connectivity index (χ2n) is 2.47. The molecule has 0 saturated carbocycles. The number of benzene rings is 1. The molecule has 1 rings (SSSR count). The van der Waals surface area contributed by atoms with E-state index >= 15 is 0 Å². The van der Waals surface area contributed by atoms with E-state index in [0.717, 1.165) is 0 Å². The van der Waals surface area contributed by atoms with E-state index in [1.165, 1.54) is 6.07 Å². The first-order valence-corrected chi connectivity index (χ1v) is 3.44. The highest BCUT2D eigenvalue weighted by Gasteiger charge is 2.03. The van der Waals surface area contributed by atoms with Gasteiger partial charge in [-0.3, -0.25) is 0 Å². The zero-order valence-corrected chi connectivity index (χ0v) is 6.63. The Bertz CT molecular complexity index is 363. The van der Waals surface area contributed by atoms with E-state index in [0.29, 0.717) is 11.1 Å². The van der Waals surface area contributed by atoms with Crippen molar-refractivity contribution in [1.29, 1.82) is 10.7 Å². The summed E-state index contributed by atoms with van der Waals surface area (Å²) in [7, 11) is 0. The molecule has 0 aromatic heterocycles. The van der Waals surface area contributed by atoms with E-state index in [1.54, 1.807) is 19.1 Å². The van der Waals surface area contributed by atoms with Crippen molar-refractivity contribution in [3.05, 3.63) is 29.3 Å². The molecule has 0 heterocycles. The lowest BCUT2D eigenvalue weighted by Gasteiger charge is -2.01. The highest BCUT2D eigenvalue weighted by atomic mass is 16.3. The minimum atomic E-state index is -0.0125.